The van der Waals surface area contributed by atoms with Crippen LogP contribution in [-0.4, -0.2) is 33.3 Å². The standard InChI is InChI=1S/C16H25N3O/c1-4-10-17-11-9-16(2,20)12-15-18-13-7-5-6-8-14(13)19(15)3/h5-8,17,20H,4,9-12H2,1-3H3. The third-order valence-electron chi connectivity index (χ3n) is 3.69. The first-order valence-electron chi connectivity index (χ1n) is 7.37. The highest BCUT2D eigenvalue weighted by molar-refractivity contribution is 5.75. The lowest BCUT2D eigenvalue weighted by atomic mass is 9.97. The zero-order valence-electron chi connectivity index (χ0n) is 12.7. The molecule has 0 aliphatic heterocycles. The second-order valence-corrected chi connectivity index (χ2v) is 5.75. The number of para-hydroxylation sites is 2. The normalized spacial score (nSPS) is 14.6. The molecule has 2 aromatic rings. The monoisotopic (exact) mass is 275 g/mol. The summed E-state index contributed by atoms with van der Waals surface area (Å²) in [4.78, 5) is 4.62. The number of benzene rings is 1. The summed E-state index contributed by atoms with van der Waals surface area (Å²) in [6.45, 7) is 5.87. The number of hydrogen-bond donors (Lipinski definition) is 2. The average Bonchev–Trinajstić information content (AvgIpc) is 2.72. The molecule has 2 rings (SSSR count). The van der Waals surface area contributed by atoms with Crippen molar-refractivity contribution >= 4 is 11.0 Å². The molecule has 0 saturated heterocycles. The predicted molar refractivity (Wildman–Crippen MR) is 82.8 cm³/mol. The Labute approximate surface area is 120 Å². The zero-order chi connectivity index (χ0) is 14.6. The quantitative estimate of drug-likeness (QED) is 0.762. The maximum Gasteiger partial charge on any atom is 0.112 e. The first kappa shape index (κ1) is 15.0. The van der Waals surface area contributed by atoms with E-state index in [2.05, 4.69) is 27.9 Å². The minimum Gasteiger partial charge on any atom is -0.390 e. The highest BCUT2D eigenvalue weighted by Gasteiger charge is 2.23. The smallest absolute Gasteiger partial charge is 0.112 e. The number of imidazole rings is 1. The maximum atomic E-state index is 10.5. The number of aromatic nitrogens is 2. The van der Waals surface area contributed by atoms with Crippen LogP contribution in [0.4, 0.5) is 0 Å². The first-order valence-corrected chi connectivity index (χ1v) is 7.37. The SMILES string of the molecule is CCCNCCC(C)(O)Cc1nc2ccccc2n1C. The molecule has 1 atom stereocenters. The van der Waals surface area contributed by atoms with Crippen molar-refractivity contribution in [3.8, 4) is 0 Å². The Morgan fingerprint density at radius 1 is 1.30 bits per heavy atom. The van der Waals surface area contributed by atoms with E-state index in [1.807, 2.05) is 32.2 Å². The molecule has 1 unspecified atom stereocenters. The molecule has 110 valence electrons. The van der Waals surface area contributed by atoms with Crippen LogP contribution in [0, 0.1) is 0 Å². The van der Waals surface area contributed by atoms with Gasteiger partial charge in [0.15, 0.2) is 0 Å². The second-order valence-electron chi connectivity index (χ2n) is 5.75. The second kappa shape index (κ2) is 6.37. The Kier molecular flexibility index (Phi) is 4.78. The van der Waals surface area contributed by atoms with Crippen molar-refractivity contribution in [3.05, 3.63) is 30.1 Å². The van der Waals surface area contributed by atoms with Gasteiger partial charge in [0.1, 0.15) is 5.82 Å². The van der Waals surface area contributed by atoms with Crippen LogP contribution in [0.5, 0.6) is 0 Å². The number of fused-ring (bicyclic) bond motifs is 1. The number of aryl methyl sites for hydroxylation is 1. The molecule has 0 spiro atoms. The molecule has 2 N–H and O–H groups in total. The Hall–Kier alpha value is -1.39. The average molecular weight is 275 g/mol. The van der Waals surface area contributed by atoms with Crippen LogP contribution in [0.2, 0.25) is 0 Å². The Morgan fingerprint density at radius 3 is 2.75 bits per heavy atom. The Morgan fingerprint density at radius 2 is 2.05 bits per heavy atom. The Bertz CT molecular complexity index is 560. The van der Waals surface area contributed by atoms with E-state index in [1.165, 1.54) is 0 Å². The molecule has 0 bridgehead atoms. The summed E-state index contributed by atoms with van der Waals surface area (Å²) < 4.78 is 2.07. The highest BCUT2D eigenvalue weighted by atomic mass is 16.3. The van der Waals surface area contributed by atoms with Gasteiger partial charge in [0.2, 0.25) is 0 Å². The van der Waals surface area contributed by atoms with Gasteiger partial charge in [0, 0.05) is 13.5 Å². The molecular weight excluding hydrogens is 250 g/mol. The Balaban J connectivity index is 2.05. The lowest BCUT2D eigenvalue weighted by Gasteiger charge is -2.23. The van der Waals surface area contributed by atoms with Crippen LogP contribution in [0.15, 0.2) is 24.3 Å². The highest BCUT2D eigenvalue weighted by Crippen LogP contribution is 2.20. The fraction of sp³-hybridized carbons (Fsp3) is 0.562. The van der Waals surface area contributed by atoms with Gasteiger partial charge < -0.3 is 15.0 Å². The molecule has 1 aromatic carbocycles. The molecule has 0 radical (unpaired) electrons. The third-order valence-corrected chi connectivity index (χ3v) is 3.69. The van der Waals surface area contributed by atoms with Crippen molar-refractivity contribution in [1.29, 1.82) is 0 Å². The molecule has 0 fully saturated rings. The lowest BCUT2D eigenvalue weighted by molar-refractivity contribution is 0.0490. The van der Waals surface area contributed by atoms with E-state index in [0.717, 1.165) is 42.8 Å². The molecule has 1 aromatic heterocycles. The molecule has 1 heterocycles. The van der Waals surface area contributed by atoms with Crippen LogP contribution in [0.1, 0.15) is 32.5 Å². The summed E-state index contributed by atoms with van der Waals surface area (Å²) in [6, 6.07) is 8.08. The van der Waals surface area contributed by atoms with Crippen molar-refractivity contribution < 1.29 is 5.11 Å². The third kappa shape index (κ3) is 3.58. The van der Waals surface area contributed by atoms with Gasteiger partial charge in [-0.15, -0.1) is 0 Å². The van der Waals surface area contributed by atoms with Crippen LogP contribution in [0.25, 0.3) is 11.0 Å². The largest absolute Gasteiger partial charge is 0.390 e. The fourth-order valence-electron chi connectivity index (χ4n) is 2.44. The van der Waals surface area contributed by atoms with Gasteiger partial charge in [-0.1, -0.05) is 19.1 Å². The van der Waals surface area contributed by atoms with E-state index in [9.17, 15) is 5.11 Å². The molecule has 20 heavy (non-hydrogen) atoms. The number of rotatable bonds is 7. The van der Waals surface area contributed by atoms with Gasteiger partial charge in [-0.25, -0.2) is 4.98 Å². The van der Waals surface area contributed by atoms with Crippen LogP contribution in [0.3, 0.4) is 0 Å². The summed E-state index contributed by atoms with van der Waals surface area (Å²) >= 11 is 0. The summed E-state index contributed by atoms with van der Waals surface area (Å²) in [6.07, 6.45) is 2.43. The van der Waals surface area contributed by atoms with Gasteiger partial charge >= 0.3 is 0 Å². The summed E-state index contributed by atoms with van der Waals surface area (Å²) in [5.41, 5.74) is 1.38. The van der Waals surface area contributed by atoms with Gasteiger partial charge in [0.25, 0.3) is 0 Å². The van der Waals surface area contributed by atoms with Crippen molar-refractivity contribution in [2.75, 3.05) is 13.1 Å². The topological polar surface area (TPSA) is 50.1 Å². The van der Waals surface area contributed by atoms with Gasteiger partial charge in [-0.3, -0.25) is 0 Å². The molecular formula is C16H25N3O. The van der Waals surface area contributed by atoms with E-state index in [-0.39, 0.29) is 0 Å². The lowest BCUT2D eigenvalue weighted by Crippen LogP contribution is -2.33. The number of nitrogens with one attached hydrogen (secondary N) is 1. The van der Waals surface area contributed by atoms with Crippen LogP contribution >= 0.6 is 0 Å². The van der Waals surface area contributed by atoms with Gasteiger partial charge in [0.05, 0.1) is 16.6 Å². The summed E-state index contributed by atoms with van der Waals surface area (Å²) in [7, 11) is 2.01. The fourth-order valence-corrected chi connectivity index (χ4v) is 2.44. The molecule has 4 nitrogen and oxygen atoms in total. The van der Waals surface area contributed by atoms with Crippen molar-refractivity contribution in [2.45, 2.75) is 38.7 Å². The summed E-state index contributed by atoms with van der Waals surface area (Å²) in [5.74, 6) is 0.937. The minimum absolute atomic E-state index is 0.575. The van der Waals surface area contributed by atoms with E-state index >= 15 is 0 Å². The zero-order valence-corrected chi connectivity index (χ0v) is 12.7. The first-order chi connectivity index (χ1) is 9.53. The molecule has 4 heteroatoms. The summed E-state index contributed by atoms with van der Waals surface area (Å²) in [5, 5.41) is 13.9. The van der Waals surface area contributed by atoms with E-state index in [0.29, 0.717) is 6.42 Å². The van der Waals surface area contributed by atoms with E-state index < -0.39 is 5.60 Å². The predicted octanol–water partition coefficient (Wildman–Crippen LogP) is 2.26. The van der Waals surface area contributed by atoms with E-state index in [4.69, 9.17) is 0 Å². The van der Waals surface area contributed by atoms with Crippen molar-refractivity contribution in [1.82, 2.24) is 14.9 Å². The van der Waals surface area contributed by atoms with Crippen molar-refractivity contribution in [2.24, 2.45) is 7.05 Å². The molecule has 0 amide bonds. The molecule has 0 saturated carbocycles. The number of hydrogen-bond acceptors (Lipinski definition) is 3. The molecule has 0 aliphatic rings. The number of nitrogens with zero attached hydrogens (tertiary/aromatic N) is 2. The van der Waals surface area contributed by atoms with E-state index in [1.54, 1.807) is 0 Å². The van der Waals surface area contributed by atoms with Crippen LogP contribution < -0.4 is 5.32 Å². The number of aliphatic hydroxyl groups is 1. The van der Waals surface area contributed by atoms with Crippen molar-refractivity contribution in [3.63, 3.8) is 0 Å². The van der Waals surface area contributed by atoms with Gasteiger partial charge in [-0.2, -0.15) is 0 Å². The van der Waals surface area contributed by atoms with Crippen LogP contribution in [-0.2, 0) is 13.5 Å². The maximum absolute atomic E-state index is 10.5. The minimum atomic E-state index is -0.726. The molecule has 0 aliphatic carbocycles. The van der Waals surface area contributed by atoms with Gasteiger partial charge in [-0.05, 0) is 45.0 Å².